The van der Waals surface area contributed by atoms with Crippen LogP contribution in [0.15, 0.2) is 80.8 Å². The van der Waals surface area contributed by atoms with Crippen molar-refractivity contribution in [1.29, 1.82) is 0 Å². The van der Waals surface area contributed by atoms with E-state index in [0.29, 0.717) is 6.54 Å². The molecule has 4 nitrogen and oxygen atoms in total. The van der Waals surface area contributed by atoms with Crippen molar-refractivity contribution in [3.8, 4) is 11.3 Å². The van der Waals surface area contributed by atoms with E-state index < -0.39 is 0 Å². The summed E-state index contributed by atoms with van der Waals surface area (Å²) in [6, 6.07) is 14.0. The van der Waals surface area contributed by atoms with Gasteiger partial charge in [0.1, 0.15) is 0 Å². The molecule has 2 heterocycles. The third-order valence-corrected chi connectivity index (χ3v) is 4.92. The number of benzene rings is 1. The van der Waals surface area contributed by atoms with Gasteiger partial charge < -0.3 is 0 Å². The van der Waals surface area contributed by atoms with Crippen LogP contribution in [-0.4, -0.2) is 21.9 Å². The summed E-state index contributed by atoms with van der Waals surface area (Å²) in [5.74, 6) is 0. The Kier molecular flexibility index (Phi) is 5.96. The summed E-state index contributed by atoms with van der Waals surface area (Å²) in [6.07, 6.45) is 1.77. The maximum atomic E-state index is 4.82. The van der Waals surface area contributed by atoms with Crippen LogP contribution in [0.1, 0.15) is 19.5 Å². The Morgan fingerprint density at radius 1 is 1.23 bits per heavy atom. The van der Waals surface area contributed by atoms with Gasteiger partial charge in [0.25, 0.3) is 0 Å². The van der Waals surface area contributed by atoms with Crippen molar-refractivity contribution in [3.05, 3.63) is 81.2 Å². The first kappa shape index (κ1) is 18.5. The average molecular weight is 427 g/mol. The minimum Gasteiger partial charge on any atom is -0.255 e. The van der Waals surface area contributed by atoms with E-state index >= 15 is 0 Å². The lowest BCUT2D eigenvalue weighted by Gasteiger charge is -2.06. The highest BCUT2D eigenvalue weighted by atomic mass is 79.9. The second-order valence-electron chi connectivity index (χ2n) is 5.90. The fourth-order valence-corrected chi connectivity index (χ4v) is 3.56. The van der Waals surface area contributed by atoms with Crippen LogP contribution in [0.4, 0.5) is 0 Å². The predicted molar refractivity (Wildman–Crippen MR) is 113 cm³/mol. The molecule has 2 aromatic heterocycles. The molecule has 0 spiro atoms. The number of pyridine rings is 1. The van der Waals surface area contributed by atoms with Crippen LogP contribution in [0, 0.1) is 0 Å². The van der Waals surface area contributed by atoms with Crippen LogP contribution in [0.2, 0.25) is 0 Å². The van der Waals surface area contributed by atoms with Crippen LogP contribution in [0.3, 0.4) is 0 Å². The third-order valence-electron chi connectivity index (χ3n) is 3.58. The lowest BCUT2D eigenvalue weighted by atomic mass is 10.2. The van der Waals surface area contributed by atoms with E-state index in [-0.39, 0.29) is 0 Å². The molecular weight excluding hydrogens is 408 g/mol. The Balaban J connectivity index is 2.15. The molecule has 6 heteroatoms. The highest BCUT2D eigenvalue weighted by Gasteiger charge is 2.09. The molecular formula is C20H19BrN4S. The smallest absolute Gasteiger partial charge is 0.206 e. The molecule has 0 aliphatic rings. The highest BCUT2D eigenvalue weighted by molar-refractivity contribution is 9.10. The van der Waals surface area contributed by atoms with Gasteiger partial charge in [-0.2, -0.15) is 5.10 Å². The van der Waals surface area contributed by atoms with Gasteiger partial charge in [0.15, 0.2) is 0 Å². The topological polar surface area (TPSA) is 42.5 Å². The zero-order chi connectivity index (χ0) is 18.5. The van der Waals surface area contributed by atoms with Gasteiger partial charge in [-0.1, -0.05) is 46.3 Å². The molecule has 0 amide bonds. The number of aromatic nitrogens is 2. The maximum absolute atomic E-state index is 4.82. The van der Waals surface area contributed by atoms with Gasteiger partial charge in [-0.25, -0.2) is 4.68 Å². The Morgan fingerprint density at radius 2 is 2.08 bits per heavy atom. The molecule has 0 aliphatic carbocycles. The summed E-state index contributed by atoms with van der Waals surface area (Å²) >= 11 is 5.11. The van der Waals surface area contributed by atoms with Crippen molar-refractivity contribution in [3.63, 3.8) is 0 Å². The molecule has 3 aromatic rings. The fraction of sp³-hybridized carbons (Fsp3) is 0.150. The van der Waals surface area contributed by atoms with Gasteiger partial charge in [0.05, 0.1) is 23.6 Å². The van der Waals surface area contributed by atoms with Gasteiger partial charge in [-0.3, -0.25) is 9.98 Å². The van der Waals surface area contributed by atoms with Crippen molar-refractivity contribution in [1.82, 2.24) is 9.66 Å². The second kappa shape index (κ2) is 8.38. The van der Waals surface area contributed by atoms with E-state index in [0.717, 1.165) is 37.5 Å². The van der Waals surface area contributed by atoms with Crippen LogP contribution in [0.25, 0.3) is 11.3 Å². The number of rotatable bonds is 5. The van der Waals surface area contributed by atoms with Crippen molar-refractivity contribution in [2.24, 2.45) is 10.1 Å². The Morgan fingerprint density at radius 3 is 2.77 bits per heavy atom. The number of nitrogens with zero attached hydrogens (tertiary/aromatic N) is 4. The molecule has 0 atom stereocenters. The molecule has 0 fully saturated rings. The zero-order valence-corrected chi connectivity index (χ0v) is 17.1. The number of hydrogen-bond acceptors (Lipinski definition) is 4. The molecule has 0 radical (unpaired) electrons. The van der Waals surface area contributed by atoms with E-state index in [1.807, 2.05) is 48.9 Å². The first-order valence-corrected chi connectivity index (χ1v) is 9.80. The van der Waals surface area contributed by atoms with Crippen LogP contribution >= 0.6 is 27.3 Å². The quantitative estimate of drug-likeness (QED) is 0.412. The molecule has 26 heavy (non-hydrogen) atoms. The van der Waals surface area contributed by atoms with Gasteiger partial charge in [-0.15, -0.1) is 11.3 Å². The number of thiazole rings is 1. The Bertz CT molecular complexity index is 1020. The molecule has 3 rings (SSSR count). The normalized spacial score (nSPS) is 12.4. The number of hydrogen-bond donors (Lipinski definition) is 0. The summed E-state index contributed by atoms with van der Waals surface area (Å²) in [6.45, 7) is 8.44. The van der Waals surface area contributed by atoms with Crippen LogP contribution in [0.5, 0.6) is 0 Å². The molecule has 0 N–H and O–H groups in total. The van der Waals surface area contributed by atoms with Crippen molar-refractivity contribution in [2.75, 3.05) is 6.54 Å². The van der Waals surface area contributed by atoms with E-state index in [2.05, 4.69) is 50.0 Å². The molecule has 0 bridgehead atoms. The SMILES string of the molecule is C=C(C)CN=c1scc(-c2cccc(Br)c2)n1N=C(C)c1ccccn1. The zero-order valence-electron chi connectivity index (χ0n) is 14.7. The summed E-state index contributed by atoms with van der Waals surface area (Å²) in [4.78, 5) is 9.88. The first-order valence-electron chi connectivity index (χ1n) is 8.13. The largest absolute Gasteiger partial charge is 0.255 e. The van der Waals surface area contributed by atoms with E-state index in [4.69, 9.17) is 5.10 Å². The van der Waals surface area contributed by atoms with Crippen molar-refractivity contribution >= 4 is 33.0 Å². The third kappa shape index (κ3) is 4.45. The van der Waals surface area contributed by atoms with Gasteiger partial charge in [0, 0.05) is 21.6 Å². The van der Waals surface area contributed by atoms with E-state index in [1.54, 1.807) is 17.5 Å². The molecule has 0 saturated heterocycles. The van der Waals surface area contributed by atoms with E-state index in [1.165, 1.54) is 0 Å². The average Bonchev–Trinajstić information content (AvgIpc) is 3.03. The predicted octanol–water partition coefficient (Wildman–Crippen LogP) is 5.12. The number of halogens is 1. The summed E-state index contributed by atoms with van der Waals surface area (Å²) in [5, 5.41) is 6.89. The Labute approximate surface area is 165 Å². The van der Waals surface area contributed by atoms with Crippen LogP contribution < -0.4 is 4.80 Å². The summed E-state index contributed by atoms with van der Waals surface area (Å²) < 4.78 is 2.91. The lowest BCUT2D eigenvalue weighted by molar-refractivity contribution is 0.829. The van der Waals surface area contributed by atoms with Gasteiger partial charge >= 0.3 is 0 Å². The monoisotopic (exact) mass is 426 g/mol. The maximum Gasteiger partial charge on any atom is 0.206 e. The molecule has 0 unspecified atom stereocenters. The lowest BCUT2D eigenvalue weighted by Crippen LogP contribution is -2.15. The second-order valence-corrected chi connectivity index (χ2v) is 7.65. The minimum absolute atomic E-state index is 0.580. The Hall–Kier alpha value is -2.31. The van der Waals surface area contributed by atoms with Crippen LogP contribution in [-0.2, 0) is 0 Å². The molecule has 1 aromatic carbocycles. The molecule has 132 valence electrons. The standard InChI is InChI=1S/C20H19BrN4S/c1-14(2)12-23-20-25(24-15(3)18-9-4-5-10-22-18)19(13-26-20)16-7-6-8-17(21)11-16/h4-11,13H,1,12H2,2-3H3. The molecule has 0 aliphatic heterocycles. The van der Waals surface area contributed by atoms with E-state index in [9.17, 15) is 0 Å². The fourth-order valence-electron chi connectivity index (χ4n) is 2.33. The summed E-state index contributed by atoms with van der Waals surface area (Å²) in [5.41, 5.74) is 4.76. The van der Waals surface area contributed by atoms with Gasteiger partial charge in [-0.05, 0) is 38.1 Å². The van der Waals surface area contributed by atoms with Gasteiger partial charge in [0.2, 0.25) is 4.80 Å². The van der Waals surface area contributed by atoms with Crippen molar-refractivity contribution < 1.29 is 0 Å². The highest BCUT2D eigenvalue weighted by Crippen LogP contribution is 2.23. The summed E-state index contributed by atoms with van der Waals surface area (Å²) in [7, 11) is 0. The minimum atomic E-state index is 0.580. The van der Waals surface area contributed by atoms with Crippen molar-refractivity contribution in [2.45, 2.75) is 13.8 Å². The first-order chi connectivity index (χ1) is 12.5. The molecule has 0 saturated carbocycles.